The molecule has 5 N–H and O–H groups in total. The van der Waals surface area contributed by atoms with Crippen molar-refractivity contribution in [3.8, 4) is 0 Å². The number of nitrogens with two attached hydrogens (primary N) is 1. The van der Waals surface area contributed by atoms with Gasteiger partial charge < -0.3 is 30.9 Å². The lowest BCUT2D eigenvalue weighted by atomic mass is 10.0. The van der Waals surface area contributed by atoms with Crippen molar-refractivity contribution in [2.24, 2.45) is 5.73 Å². The van der Waals surface area contributed by atoms with Crippen LogP contribution in [0.25, 0.3) is 0 Å². The number of unbranched alkanes of at least 4 members (excludes halogenated alkanes) is 4. The van der Waals surface area contributed by atoms with Crippen LogP contribution in [0.2, 0.25) is 0 Å². The molecule has 0 bridgehead atoms. The summed E-state index contributed by atoms with van der Waals surface area (Å²) in [5.41, 5.74) is 6.15. The second-order valence-corrected chi connectivity index (χ2v) is 10.8. The topological polar surface area (TPSA) is 142 Å². The van der Waals surface area contributed by atoms with Crippen LogP contribution in [0.4, 0.5) is 4.79 Å². The lowest BCUT2D eigenvalue weighted by molar-refractivity contribution is -0.139. The molecule has 0 radical (unpaired) electrons. The van der Waals surface area contributed by atoms with Crippen molar-refractivity contribution < 1.29 is 29.3 Å². The maximum Gasteiger partial charge on any atom is 0.408 e. The maximum atomic E-state index is 12.4. The summed E-state index contributed by atoms with van der Waals surface area (Å²) in [6.07, 6.45) is 8.57. The summed E-state index contributed by atoms with van der Waals surface area (Å²) >= 11 is 0. The van der Waals surface area contributed by atoms with Gasteiger partial charge in [0, 0.05) is 7.05 Å². The van der Waals surface area contributed by atoms with Gasteiger partial charge in [-0.3, -0.25) is 4.79 Å². The minimum Gasteiger partial charge on any atom is -0.480 e. The standard InChI is InChI=1S/C18H28N2O2.C13H23NO4/c1-4-5-6-10-13-16(19)18(22)20(3)14(2)17(21)15-11-8-7-9-12-15;1-5-6-7-8-9-10(11(15)16)14-12(17)18-13(2,3)4/h4,7-9,11-12,14,16-17,21H,1,5-6,10,13,19H2,2-3H3;5,10H,1,6-9H2,2-4H3,(H,14,17)(H,15,16)/t14-,16+,17+;10-/m10/s1. The first-order chi connectivity index (χ1) is 18.7. The lowest BCUT2D eigenvalue weighted by Crippen LogP contribution is -2.47. The molecule has 0 aliphatic carbocycles. The molecule has 9 nitrogen and oxygen atoms in total. The molecule has 2 amide bonds. The third-order valence-electron chi connectivity index (χ3n) is 6.19. The van der Waals surface area contributed by atoms with E-state index in [4.69, 9.17) is 15.6 Å². The molecule has 9 heteroatoms. The number of carbonyl (C=O) groups is 3. The minimum atomic E-state index is -1.04. The highest BCUT2D eigenvalue weighted by Gasteiger charge is 2.27. The first-order valence-electron chi connectivity index (χ1n) is 13.9. The van der Waals surface area contributed by atoms with Crippen LogP contribution in [-0.2, 0) is 14.3 Å². The van der Waals surface area contributed by atoms with E-state index in [2.05, 4.69) is 18.5 Å². The van der Waals surface area contributed by atoms with Gasteiger partial charge in [-0.05, 0) is 71.8 Å². The Balaban J connectivity index is 0.000000778. The van der Waals surface area contributed by atoms with Gasteiger partial charge in [-0.15, -0.1) is 13.2 Å². The van der Waals surface area contributed by atoms with Crippen molar-refractivity contribution in [3.63, 3.8) is 0 Å². The summed E-state index contributed by atoms with van der Waals surface area (Å²) in [7, 11) is 1.70. The molecule has 226 valence electrons. The Kier molecular flexibility index (Phi) is 18.2. The summed E-state index contributed by atoms with van der Waals surface area (Å²) in [4.78, 5) is 36.3. The monoisotopic (exact) mass is 561 g/mol. The van der Waals surface area contributed by atoms with Crippen molar-refractivity contribution in [2.45, 2.75) is 109 Å². The van der Waals surface area contributed by atoms with E-state index in [9.17, 15) is 19.5 Å². The zero-order valence-corrected chi connectivity index (χ0v) is 25.0. The third kappa shape index (κ3) is 16.1. The number of benzene rings is 1. The van der Waals surface area contributed by atoms with Crippen molar-refractivity contribution in [3.05, 3.63) is 61.2 Å². The number of carbonyl (C=O) groups excluding carboxylic acids is 2. The number of carboxylic acid groups (broad SMARTS) is 1. The van der Waals surface area contributed by atoms with Crippen molar-refractivity contribution in [1.29, 1.82) is 0 Å². The van der Waals surface area contributed by atoms with E-state index in [0.29, 0.717) is 12.8 Å². The maximum absolute atomic E-state index is 12.4. The number of allylic oxidation sites excluding steroid dienone is 2. The summed E-state index contributed by atoms with van der Waals surface area (Å²) < 4.78 is 5.02. The highest BCUT2D eigenvalue weighted by molar-refractivity contribution is 5.81. The summed E-state index contributed by atoms with van der Waals surface area (Å²) in [6.45, 7) is 14.3. The molecule has 0 aliphatic heterocycles. The van der Waals surface area contributed by atoms with Crippen LogP contribution in [0.3, 0.4) is 0 Å². The van der Waals surface area contributed by atoms with E-state index < -0.39 is 35.9 Å². The van der Waals surface area contributed by atoms with Crippen LogP contribution in [0, 0.1) is 0 Å². The van der Waals surface area contributed by atoms with Gasteiger partial charge in [-0.25, -0.2) is 9.59 Å². The van der Waals surface area contributed by atoms with Gasteiger partial charge in [0.15, 0.2) is 0 Å². The van der Waals surface area contributed by atoms with E-state index in [1.54, 1.807) is 38.8 Å². The average molecular weight is 562 g/mol. The quantitative estimate of drug-likeness (QED) is 0.157. The molecular formula is C31H51N3O6. The van der Waals surface area contributed by atoms with Crippen LogP contribution in [0.15, 0.2) is 55.6 Å². The van der Waals surface area contributed by atoms with Crippen LogP contribution >= 0.6 is 0 Å². The van der Waals surface area contributed by atoms with Gasteiger partial charge in [-0.2, -0.15) is 0 Å². The molecule has 0 saturated carbocycles. The lowest BCUT2D eigenvalue weighted by Gasteiger charge is -2.31. The number of likely N-dealkylation sites (N-methyl/N-ethyl adjacent to an activating group) is 1. The van der Waals surface area contributed by atoms with E-state index in [-0.39, 0.29) is 11.9 Å². The van der Waals surface area contributed by atoms with Crippen LogP contribution < -0.4 is 11.1 Å². The first-order valence-corrected chi connectivity index (χ1v) is 13.9. The summed E-state index contributed by atoms with van der Waals surface area (Å²) in [5, 5.41) is 21.7. The Morgan fingerprint density at radius 3 is 2.02 bits per heavy atom. The van der Waals surface area contributed by atoms with Crippen LogP contribution in [-0.4, -0.2) is 63.9 Å². The second-order valence-electron chi connectivity index (χ2n) is 10.8. The van der Waals surface area contributed by atoms with E-state index in [1.807, 2.05) is 43.3 Å². The van der Waals surface area contributed by atoms with Crippen LogP contribution in [0.1, 0.15) is 90.7 Å². The van der Waals surface area contributed by atoms with Gasteiger partial charge in [0.25, 0.3) is 0 Å². The molecule has 0 unspecified atom stereocenters. The Morgan fingerprint density at radius 1 is 1.02 bits per heavy atom. The molecule has 0 spiro atoms. The van der Waals surface area contributed by atoms with Gasteiger partial charge in [0.05, 0.1) is 18.2 Å². The third-order valence-corrected chi connectivity index (χ3v) is 6.19. The molecule has 0 heterocycles. The number of rotatable bonds is 16. The van der Waals surface area contributed by atoms with E-state index >= 15 is 0 Å². The number of hydrogen-bond donors (Lipinski definition) is 4. The number of aliphatic carboxylic acids is 1. The fraction of sp³-hybridized carbons (Fsp3) is 0.581. The number of alkyl carbamates (subject to hydrolysis) is 1. The van der Waals surface area contributed by atoms with Gasteiger partial charge in [-0.1, -0.05) is 55.3 Å². The Hall–Kier alpha value is -3.17. The van der Waals surface area contributed by atoms with Gasteiger partial charge in [0.2, 0.25) is 5.91 Å². The minimum absolute atomic E-state index is 0.124. The number of carboxylic acids is 1. The first kappa shape index (κ1) is 36.8. The van der Waals surface area contributed by atoms with Crippen molar-refractivity contribution in [2.75, 3.05) is 7.05 Å². The smallest absolute Gasteiger partial charge is 0.408 e. The largest absolute Gasteiger partial charge is 0.480 e. The van der Waals surface area contributed by atoms with Crippen molar-refractivity contribution in [1.82, 2.24) is 10.2 Å². The fourth-order valence-corrected chi connectivity index (χ4v) is 3.72. The highest BCUT2D eigenvalue weighted by atomic mass is 16.6. The number of nitrogens with zero attached hydrogens (tertiary/aromatic N) is 1. The molecule has 40 heavy (non-hydrogen) atoms. The predicted molar refractivity (Wildman–Crippen MR) is 160 cm³/mol. The molecule has 0 aliphatic rings. The molecule has 4 atom stereocenters. The number of hydrogen-bond acceptors (Lipinski definition) is 6. The number of amides is 2. The van der Waals surface area contributed by atoms with E-state index in [1.165, 1.54) is 0 Å². The van der Waals surface area contributed by atoms with E-state index in [0.717, 1.165) is 44.1 Å². The summed E-state index contributed by atoms with van der Waals surface area (Å²) in [5.74, 6) is -1.17. The molecule has 0 aromatic heterocycles. The zero-order valence-electron chi connectivity index (χ0n) is 25.0. The average Bonchev–Trinajstić information content (AvgIpc) is 2.90. The fourth-order valence-electron chi connectivity index (χ4n) is 3.72. The normalized spacial score (nSPS) is 13.9. The predicted octanol–water partition coefficient (Wildman–Crippen LogP) is 5.35. The summed E-state index contributed by atoms with van der Waals surface area (Å²) in [6, 6.07) is 7.62. The number of aliphatic hydroxyl groups excluding tert-OH is 1. The number of nitrogens with one attached hydrogen (secondary N) is 1. The number of aliphatic hydroxyl groups is 1. The SMILES string of the molecule is C=CCCCC[C@H](N)C(=O)N(C)[C@H](C)[C@H](O)c1ccccc1.C=CCCCC[C@H](NC(=O)OC(C)(C)C)C(=O)O. The van der Waals surface area contributed by atoms with Crippen molar-refractivity contribution >= 4 is 18.0 Å². The molecular weight excluding hydrogens is 510 g/mol. The molecule has 0 fully saturated rings. The Labute approximate surface area is 240 Å². The zero-order chi connectivity index (χ0) is 30.7. The number of ether oxygens (including phenoxy) is 1. The molecule has 1 aromatic carbocycles. The molecule has 0 saturated heterocycles. The Bertz CT molecular complexity index is 900. The van der Waals surface area contributed by atoms with Gasteiger partial charge in [0.1, 0.15) is 11.6 Å². The highest BCUT2D eigenvalue weighted by Crippen LogP contribution is 2.20. The molecule has 1 aromatic rings. The molecule has 1 rings (SSSR count). The second kappa shape index (κ2) is 19.8. The van der Waals surface area contributed by atoms with Gasteiger partial charge >= 0.3 is 12.1 Å². The Morgan fingerprint density at radius 2 is 1.55 bits per heavy atom. The van der Waals surface area contributed by atoms with Crippen LogP contribution in [0.5, 0.6) is 0 Å².